The van der Waals surface area contributed by atoms with Crippen LogP contribution in [0, 0.1) is 0 Å². The van der Waals surface area contributed by atoms with E-state index in [-0.39, 0.29) is 0 Å². The van der Waals surface area contributed by atoms with Crippen LogP contribution >= 0.6 is 0 Å². The number of nitrogens with two attached hydrogens (primary N) is 1. The maximum Gasteiger partial charge on any atom is 0.420 e. The third kappa shape index (κ3) is 3.24. The van der Waals surface area contributed by atoms with Crippen molar-refractivity contribution in [2.45, 2.75) is 0 Å². The van der Waals surface area contributed by atoms with Crippen LogP contribution in [-0.2, 0) is 0 Å². The second kappa shape index (κ2) is 4.10. The van der Waals surface area contributed by atoms with E-state index in [1.165, 1.54) is 0 Å². The topological polar surface area (TPSA) is 81.4 Å². The van der Waals surface area contributed by atoms with Gasteiger partial charge in [0.2, 0.25) is 0 Å². The third-order valence-corrected chi connectivity index (χ3v) is 1.18. The minimum Gasteiger partial charge on any atom is -0.410 e. The molecule has 0 aromatic heterocycles. The van der Waals surface area contributed by atoms with E-state index < -0.39 is 12.1 Å². The van der Waals surface area contributed by atoms with Gasteiger partial charge in [-0.05, 0) is 12.1 Å². The van der Waals surface area contributed by atoms with Gasteiger partial charge in [-0.2, -0.15) is 0 Å². The van der Waals surface area contributed by atoms with Crippen LogP contribution in [0.15, 0.2) is 30.3 Å². The number of para-hydroxylation sites is 1. The lowest BCUT2D eigenvalue weighted by molar-refractivity contribution is 0.199. The van der Waals surface area contributed by atoms with Crippen molar-refractivity contribution in [2.24, 2.45) is 5.73 Å². The normalized spacial score (nSPS) is 8.92. The standard InChI is InChI=1S/C8H8N2O3/c9-7(11)10-8(12)13-6-4-2-1-3-5-6/h1-5H,(H3,9,10,11,12). The molecule has 3 amide bonds. The molecule has 13 heavy (non-hydrogen) atoms. The molecule has 0 spiro atoms. The highest BCUT2D eigenvalue weighted by Gasteiger charge is 2.04. The number of ether oxygens (including phenoxy) is 1. The van der Waals surface area contributed by atoms with Crippen LogP contribution < -0.4 is 15.8 Å². The van der Waals surface area contributed by atoms with E-state index in [0.717, 1.165) is 0 Å². The Morgan fingerprint density at radius 1 is 1.23 bits per heavy atom. The molecule has 0 atom stereocenters. The molecule has 1 aromatic rings. The smallest absolute Gasteiger partial charge is 0.410 e. The zero-order valence-electron chi connectivity index (χ0n) is 6.69. The zero-order chi connectivity index (χ0) is 9.68. The van der Waals surface area contributed by atoms with Crippen molar-refractivity contribution >= 4 is 12.1 Å². The Labute approximate surface area is 74.5 Å². The number of nitrogens with one attached hydrogen (secondary N) is 1. The largest absolute Gasteiger partial charge is 0.420 e. The summed E-state index contributed by atoms with van der Waals surface area (Å²) in [5.41, 5.74) is 4.70. The molecule has 0 saturated carbocycles. The van der Waals surface area contributed by atoms with Gasteiger partial charge < -0.3 is 10.5 Å². The minimum atomic E-state index is -0.944. The molecule has 5 heteroatoms. The average Bonchev–Trinajstić information content (AvgIpc) is 2.04. The van der Waals surface area contributed by atoms with Gasteiger partial charge in [0, 0.05) is 0 Å². The van der Waals surface area contributed by atoms with Gasteiger partial charge in [0.25, 0.3) is 0 Å². The lowest BCUT2D eigenvalue weighted by Crippen LogP contribution is -2.36. The molecule has 0 heterocycles. The van der Waals surface area contributed by atoms with E-state index in [1.54, 1.807) is 35.6 Å². The summed E-state index contributed by atoms with van der Waals surface area (Å²) in [4.78, 5) is 21.0. The van der Waals surface area contributed by atoms with E-state index in [0.29, 0.717) is 5.75 Å². The van der Waals surface area contributed by atoms with Crippen molar-refractivity contribution in [2.75, 3.05) is 0 Å². The molecule has 0 fully saturated rings. The highest BCUT2D eigenvalue weighted by atomic mass is 16.6. The number of primary amides is 1. The number of rotatable bonds is 1. The Kier molecular flexibility index (Phi) is 2.86. The lowest BCUT2D eigenvalue weighted by atomic mass is 10.3. The van der Waals surface area contributed by atoms with Crippen LogP contribution in [-0.4, -0.2) is 12.1 Å². The highest BCUT2D eigenvalue weighted by Crippen LogP contribution is 2.07. The number of hydrogen-bond donors (Lipinski definition) is 2. The number of carbonyl (C=O) groups is 2. The number of imide groups is 1. The number of urea groups is 1. The van der Waals surface area contributed by atoms with E-state index in [4.69, 9.17) is 5.73 Å². The van der Waals surface area contributed by atoms with Gasteiger partial charge in [0.15, 0.2) is 0 Å². The van der Waals surface area contributed by atoms with Crippen molar-refractivity contribution in [1.82, 2.24) is 5.32 Å². The minimum absolute atomic E-state index is 0.348. The summed E-state index contributed by atoms with van der Waals surface area (Å²) in [6.07, 6.45) is -0.890. The molecule has 0 aliphatic carbocycles. The molecular weight excluding hydrogens is 172 g/mol. The number of amides is 3. The lowest BCUT2D eigenvalue weighted by Gasteiger charge is -2.02. The van der Waals surface area contributed by atoms with E-state index in [2.05, 4.69) is 4.74 Å². The molecule has 1 aromatic carbocycles. The average molecular weight is 180 g/mol. The summed E-state index contributed by atoms with van der Waals surface area (Å²) in [6, 6.07) is 7.40. The molecule has 3 N–H and O–H groups in total. The van der Waals surface area contributed by atoms with Gasteiger partial charge in [0.05, 0.1) is 0 Å². The van der Waals surface area contributed by atoms with Gasteiger partial charge in [-0.15, -0.1) is 0 Å². The van der Waals surface area contributed by atoms with Crippen LogP contribution in [0.3, 0.4) is 0 Å². The second-order valence-corrected chi connectivity index (χ2v) is 2.19. The SMILES string of the molecule is NC(=O)NC(=O)Oc1ccccc1. The summed E-state index contributed by atoms with van der Waals surface area (Å²) in [5, 5.41) is 1.77. The first-order valence-corrected chi connectivity index (χ1v) is 3.52. The summed E-state index contributed by atoms with van der Waals surface area (Å²) in [7, 11) is 0. The van der Waals surface area contributed by atoms with Gasteiger partial charge in [0.1, 0.15) is 5.75 Å². The summed E-state index contributed by atoms with van der Waals surface area (Å²) < 4.78 is 4.67. The van der Waals surface area contributed by atoms with Gasteiger partial charge >= 0.3 is 12.1 Å². The van der Waals surface area contributed by atoms with Gasteiger partial charge in [-0.3, -0.25) is 0 Å². The summed E-state index contributed by atoms with van der Waals surface area (Å²) >= 11 is 0. The summed E-state index contributed by atoms with van der Waals surface area (Å²) in [6.45, 7) is 0. The number of carbonyl (C=O) groups excluding carboxylic acids is 2. The van der Waals surface area contributed by atoms with Gasteiger partial charge in [-0.1, -0.05) is 18.2 Å². The quantitative estimate of drug-likeness (QED) is 0.672. The Morgan fingerprint density at radius 2 is 1.85 bits per heavy atom. The Hall–Kier alpha value is -2.04. The molecule has 0 aliphatic rings. The second-order valence-electron chi connectivity index (χ2n) is 2.19. The molecule has 0 bridgehead atoms. The fraction of sp³-hybridized carbons (Fsp3) is 0. The van der Waals surface area contributed by atoms with Crippen LogP contribution in [0.4, 0.5) is 9.59 Å². The molecule has 1 rings (SSSR count). The Balaban J connectivity index is 2.50. The monoisotopic (exact) mass is 180 g/mol. The van der Waals surface area contributed by atoms with Crippen molar-refractivity contribution in [3.05, 3.63) is 30.3 Å². The predicted octanol–water partition coefficient (Wildman–Crippen LogP) is 0.854. The van der Waals surface area contributed by atoms with Crippen LogP contribution in [0.1, 0.15) is 0 Å². The molecule has 0 aliphatic heterocycles. The Morgan fingerprint density at radius 3 is 2.38 bits per heavy atom. The molecule has 5 nitrogen and oxygen atoms in total. The zero-order valence-corrected chi connectivity index (χ0v) is 6.69. The first kappa shape index (κ1) is 9.05. The molecular formula is C8H8N2O3. The first-order chi connectivity index (χ1) is 6.18. The van der Waals surface area contributed by atoms with Crippen LogP contribution in [0.5, 0.6) is 5.75 Å². The number of hydrogen-bond acceptors (Lipinski definition) is 3. The van der Waals surface area contributed by atoms with Crippen LogP contribution in [0.2, 0.25) is 0 Å². The fourth-order valence-electron chi connectivity index (χ4n) is 0.722. The van der Waals surface area contributed by atoms with Gasteiger partial charge in [-0.25, -0.2) is 14.9 Å². The Bertz CT molecular complexity index is 310. The first-order valence-electron chi connectivity index (χ1n) is 3.52. The van der Waals surface area contributed by atoms with E-state index in [9.17, 15) is 9.59 Å². The molecule has 0 unspecified atom stereocenters. The van der Waals surface area contributed by atoms with Crippen molar-refractivity contribution < 1.29 is 14.3 Å². The molecule has 0 saturated heterocycles. The van der Waals surface area contributed by atoms with Crippen LogP contribution in [0.25, 0.3) is 0 Å². The van der Waals surface area contributed by atoms with Crippen molar-refractivity contribution in [1.29, 1.82) is 0 Å². The third-order valence-electron chi connectivity index (χ3n) is 1.18. The highest BCUT2D eigenvalue weighted by molar-refractivity contribution is 5.90. The molecule has 0 radical (unpaired) electrons. The predicted molar refractivity (Wildman–Crippen MR) is 45.2 cm³/mol. The van der Waals surface area contributed by atoms with Crippen molar-refractivity contribution in [3.8, 4) is 5.75 Å². The maximum atomic E-state index is 10.8. The summed E-state index contributed by atoms with van der Waals surface area (Å²) in [5.74, 6) is 0.348. The molecule has 68 valence electrons. The number of benzene rings is 1. The van der Waals surface area contributed by atoms with Crippen molar-refractivity contribution in [3.63, 3.8) is 0 Å². The van der Waals surface area contributed by atoms with E-state index in [1.807, 2.05) is 0 Å². The van der Waals surface area contributed by atoms with E-state index >= 15 is 0 Å². The fourth-order valence-corrected chi connectivity index (χ4v) is 0.722. The maximum absolute atomic E-state index is 10.8.